The van der Waals surface area contributed by atoms with Crippen molar-refractivity contribution >= 4 is 11.7 Å². The van der Waals surface area contributed by atoms with E-state index in [-0.39, 0.29) is 24.4 Å². The zero-order valence-electron chi connectivity index (χ0n) is 13.8. The highest BCUT2D eigenvalue weighted by atomic mass is 19.1. The van der Waals surface area contributed by atoms with E-state index in [1.165, 1.54) is 24.3 Å². The SMILES string of the molecule is COc1nccnc1N1CC[C@@H](NC(=O)COc2ccc(F)cc2)C1. The van der Waals surface area contributed by atoms with Crippen molar-refractivity contribution in [2.75, 3.05) is 31.7 Å². The van der Waals surface area contributed by atoms with E-state index in [0.29, 0.717) is 24.0 Å². The first-order valence-electron chi connectivity index (χ1n) is 7.93. The molecule has 0 bridgehead atoms. The number of methoxy groups -OCH3 is 1. The van der Waals surface area contributed by atoms with Crippen LogP contribution in [0.3, 0.4) is 0 Å². The van der Waals surface area contributed by atoms with Crippen LogP contribution in [0.4, 0.5) is 10.2 Å². The molecule has 1 atom stereocenters. The first kappa shape index (κ1) is 16.9. The molecule has 0 radical (unpaired) electrons. The Morgan fingerprint density at radius 1 is 1.32 bits per heavy atom. The number of halogens is 1. The largest absolute Gasteiger partial charge is 0.484 e. The molecule has 1 aliphatic rings. The molecule has 1 aliphatic heterocycles. The molecule has 2 heterocycles. The van der Waals surface area contributed by atoms with Crippen molar-refractivity contribution in [3.05, 3.63) is 42.5 Å². The van der Waals surface area contributed by atoms with E-state index in [0.717, 1.165) is 13.0 Å². The predicted molar refractivity (Wildman–Crippen MR) is 89.2 cm³/mol. The second-order valence-electron chi connectivity index (χ2n) is 5.63. The molecule has 0 unspecified atom stereocenters. The molecule has 0 aliphatic carbocycles. The van der Waals surface area contributed by atoms with Crippen LogP contribution in [0.15, 0.2) is 36.7 Å². The zero-order chi connectivity index (χ0) is 17.6. The molecule has 1 fully saturated rings. The summed E-state index contributed by atoms with van der Waals surface area (Å²) >= 11 is 0. The number of nitrogens with one attached hydrogen (secondary N) is 1. The minimum Gasteiger partial charge on any atom is -0.484 e. The average molecular weight is 346 g/mol. The van der Waals surface area contributed by atoms with Gasteiger partial charge >= 0.3 is 0 Å². The van der Waals surface area contributed by atoms with E-state index >= 15 is 0 Å². The molecule has 2 aromatic rings. The lowest BCUT2D eigenvalue weighted by atomic mass is 10.2. The first-order valence-corrected chi connectivity index (χ1v) is 7.93. The van der Waals surface area contributed by atoms with Crippen LogP contribution in [0.25, 0.3) is 0 Å². The first-order chi connectivity index (χ1) is 12.2. The van der Waals surface area contributed by atoms with Gasteiger partial charge in [0.25, 0.3) is 11.8 Å². The smallest absolute Gasteiger partial charge is 0.258 e. The van der Waals surface area contributed by atoms with E-state index in [9.17, 15) is 9.18 Å². The molecule has 25 heavy (non-hydrogen) atoms. The number of benzene rings is 1. The topological polar surface area (TPSA) is 76.6 Å². The van der Waals surface area contributed by atoms with Gasteiger partial charge in [-0.2, -0.15) is 0 Å². The molecular formula is C17H19FN4O3. The quantitative estimate of drug-likeness (QED) is 0.852. The van der Waals surface area contributed by atoms with Crippen molar-refractivity contribution in [3.63, 3.8) is 0 Å². The third kappa shape index (κ3) is 4.34. The molecule has 0 saturated carbocycles. The van der Waals surface area contributed by atoms with Crippen LogP contribution in [0, 0.1) is 5.82 Å². The molecule has 8 heteroatoms. The van der Waals surface area contributed by atoms with Crippen LogP contribution in [0.2, 0.25) is 0 Å². The summed E-state index contributed by atoms with van der Waals surface area (Å²) in [6.07, 6.45) is 3.98. The highest BCUT2D eigenvalue weighted by molar-refractivity contribution is 5.78. The highest BCUT2D eigenvalue weighted by Crippen LogP contribution is 2.25. The zero-order valence-corrected chi connectivity index (χ0v) is 13.8. The van der Waals surface area contributed by atoms with Gasteiger partial charge in [0.1, 0.15) is 11.6 Å². The maximum Gasteiger partial charge on any atom is 0.258 e. The van der Waals surface area contributed by atoms with Crippen LogP contribution in [-0.4, -0.2) is 48.7 Å². The Hall–Kier alpha value is -2.90. The lowest BCUT2D eigenvalue weighted by Crippen LogP contribution is -2.39. The van der Waals surface area contributed by atoms with Gasteiger partial charge in [-0.25, -0.2) is 14.4 Å². The summed E-state index contributed by atoms with van der Waals surface area (Å²) < 4.78 is 23.4. The summed E-state index contributed by atoms with van der Waals surface area (Å²) in [4.78, 5) is 22.5. The van der Waals surface area contributed by atoms with Gasteiger partial charge in [-0.1, -0.05) is 0 Å². The number of carbonyl (C=O) groups is 1. The lowest BCUT2D eigenvalue weighted by molar-refractivity contribution is -0.123. The monoisotopic (exact) mass is 346 g/mol. The lowest BCUT2D eigenvalue weighted by Gasteiger charge is -2.19. The molecular weight excluding hydrogens is 327 g/mol. The van der Waals surface area contributed by atoms with Gasteiger partial charge in [-0.3, -0.25) is 4.79 Å². The number of hydrogen-bond acceptors (Lipinski definition) is 6. The summed E-state index contributed by atoms with van der Waals surface area (Å²) in [5.41, 5.74) is 0. The molecule has 0 spiro atoms. The normalized spacial score (nSPS) is 16.6. The van der Waals surface area contributed by atoms with Gasteiger partial charge in [0.05, 0.1) is 7.11 Å². The van der Waals surface area contributed by atoms with Gasteiger partial charge in [0.15, 0.2) is 12.4 Å². The summed E-state index contributed by atoms with van der Waals surface area (Å²) in [6.45, 7) is 1.26. The fourth-order valence-electron chi connectivity index (χ4n) is 2.70. The number of aromatic nitrogens is 2. The number of rotatable bonds is 6. The van der Waals surface area contributed by atoms with Crippen molar-refractivity contribution < 1.29 is 18.7 Å². The van der Waals surface area contributed by atoms with Gasteiger partial charge in [0.2, 0.25) is 0 Å². The Bertz CT molecular complexity index is 726. The van der Waals surface area contributed by atoms with Crippen molar-refractivity contribution in [2.45, 2.75) is 12.5 Å². The molecule has 1 amide bonds. The van der Waals surface area contributed by atoms with Crippen molar-refractivity contribution in [1.29, 1.82) is 0 Å². The van der Waals surface area contributed by atoms with Crippen molar-refractivity contribution in [2.24, 2.45) is 0 Å². The van der Waals surface area contributed by atoms with E-state index in [2.05, 4.69) is 15.3 Å². The molecule has 7 nitrogen and oxygen atoms in total. The predicted octanol–water partition coefficient (Wildman–Crippen LogP) is 1.40. The summed E-state index contributed by atoms with van der Waals surface area (Å²) in [5, 5.41) is 2.93. The van der Waals surface area contributed by atoms with E-state index in [1.807, 2.05) is 4.90 Å². The van der Waals surface area contributed by atoms with Gasteiger partial charge in [-0.15, -0.1) is 0 Å². The van der Waals surface area contributed by atoms with Crippen LogP contribution in [-0.2, 0) is 4.79 Å². The molecule has 1 aromatic heterocycles. The van der Waals surface area contributed by atoms with E-state index in [4.69, 9.17) is 9.47 Å². The Morgan fingerprint density at radius 3 is 2.84 bits per heavy atom. The molecule has 3 rings (SSSR count). The van der Waals surface area contributed by atoms with Crippen LogP contribution < -0.4 is 19.7 Å². The minimum atomic E-state index is -0.345. The second kappa shape index (κ2) is 7.78. The Balaban J connectivity index is 1.49. The number of anilines is 1. The van der Waals surface area contributed by atoms with Crippen molar-refractivity contribution in [1.82, 2.24) is 15.3 Å². The summed E-state index contributed by atoms with van der Waals surface area (Å²) in [5.74, 6) is 1.02. The van der Waals surface area contributed by atoms with Crippen LogP contribution >= 0.6 is 0 Å². The molecule has 1 aromatic carbocycles. The molecule has 132 valence electrons. The third-order valence-electron chi connectivity index (χ3n) is 3.88. The van der Waals surface area contributed by atoms with E-state index < -0.39 is 0 Å². The van der Waals surface area contributed by atoms with E-state index in [1.54, 1.807) is 19.5 Å². The number of ether oxygens (including phenoxy) is 2. The van der Waals surface area contributed by atoms with Gasteiger partial charge < -0.3 is 19.7 Å². The Labute approximate surface area is 144 Å². The maximum atomic E-state index is 12.8. The van der Waals surface area contributed by atoms with Crippen LogP contribution in [0.1, 0.15) is 6.42 Å². The summed E-state index contributed by atoms with van der Waals surface area (Å²) in [7, 11) is 1.55. The number of nitrogens with zero attached hydrogens (tertiary/aromatic N) is 3. The maximum absolute atomic E-state index is 12.8. The highest BCUT2D eigenvalue weighted by Gasteiger charge is 2.27. The average Bonchev–Trinajstić information content (AvgIpc) is 3.09. The number of carbonyl (C=O) groups excluding carboxylic acids is 1. The molecule has 1 N–H and O–H groups in total. The minimum absolute atomic E-state index is 0.00368. The fourth-order valence-corrected chi connectivity index (χ4v) is 2.70. The van der Waals surface area contributed by atoms with Crippen LogP contribution in [0.5, 0.6) is 11.6 Å². The number of amides is 1. The standard InChI is InChI=1S/C17H19FN4O3/c1-24-17-16(19-7-8-20-17)22-9-6-13(10-22)21-15(23)11-25-14-4-2-12(18)3-5-14/h2-5,7-8,13H,6,9-11H2,1H3,(H,21,23)/t13-/m1/s1. The Kier molecular flexibility index (Phi) is 5.27. The summed E-state index contributed by atoms with van der Waals surface area (Å²) in [6, 6.07) is 5.55. The van der Waals surface area contributed by atoms with Crippen molar-refractivity contribution in [3.8, 4) is 11.6 Å². The second-order valence-corrected chi connectivity index (χ2v) is 5.63. The number of hydrogen-bond donors (Lipinski definition) is 1. The molecule has 1 saturated heterocycles. The fraction of sp³-hybridized carbons (Fsp3) is 0.353. The Morgan fingerprint density at radius 2 is 2.08 bits per heavy atom. The third-order valence-corrected chi connectivity index (χ3v) is 3.88. The van der Waals surface area contributed by atoms with Gasteiger partial charge in [-0.05, 0) is 30.7 Å². The van der Waals surface area contributed by atoms with Gasteiger partial charge in [0, 0.05) is 31.5 Å².